The molecule has 0 bridgehead atoms. The SMILES string of the molecule is CC(CCBr)NC(=O)c1ccc(Cl)cc1F. The van der Waals surface area contributed by atoms with E-state index in [0.29, 0.717) is 0 Å². The molecular weight excluding hydrogens is 296 g/mol. The van der Waals surface area contributed by atoms with Crippen LogP contribution in [0.15, 0.2) is 18.2 Å². The van der Waals surface area contributed by atoms with Crippen LogP contribution in [0.3, 0.4) is 0 Å². The Morgan fingerprint density at radius 3 is 2.88 bits per heavy atom. The zero-order valence-corrected chi connectivity index (χ0v) is 11.1. The Morgan fingerprint density at radius 2 is 2.31 bits per heavy atom. The minimum Gasteiger partial charge on any atom is -0.349 e. The highest BCUT2D eigenvalue weighted by atomic mass is 79.9. The van der Waals surface area contributed by atoms with Gasteiger partial charge in [0.15, 0.2) is 0 Å². The average Bonchev–Trinajstić information content (AvgIpc) is 2.17. The highest BCUT2D eigenvalue weighted by Gasteiger charge is 2.13. The van der Waals surface area contributed by atoms with E-state index in [1.54, 1.807) is 0 Å². The van der Waals surface area contributed by atoms with Crippen molar-refractivity contribution in [3.8, 4) is 0 Å². The van der Waals surface area contributed by atoms with Crippen molar-refractivity contribution in [3.05, 3.63) is 34.6 Å². The molecular formula is C11H12BrClFNO. The quantitative estimate of drug-likeness (QED) is 0.849. The fraction of sp³-hybridized carbons (Fsp3) is 0.364. The summed E-state index contributed by atoms with van der Waals surface area (Å²) in [7, 11) is 0. The van der Waals surface area contributed by atoms with Crippen LogP contribution in [-0.2, 0) is 0 Å². The molecule has 1 atom stereocenters. The molecule has 88 valence electrons. The van der Waals surface area contributed by atoms with Crippen LogP contribution in [0.5, 0.6) is 0 Å². The van der Waals surface area contributed by atoms with Gasteiger partial charge in [0.05, 0.1) is 5.56 Å². The van der Waals surface area contributed by atoms with Crippen molar-refractivity contribution in [2.45, 2.75) is 19.4 Å². The molecule has 0 heterocycles. The van der Waals surface area contributed by atoms with E-state index in [9.17, 15) is 9.18 Å². The summed E-state index contributed by atoms with van der Waals surface area (Å²) < 4.78 is 13.4. The summed E-state index contributed by atoms with van der Waals surface area (Å²) in [6.07, 6.45) is 0.793. The summed E-state index contributed by atoms with van der Waals surface area (Å²) in [5.41, 5.74) is 0.0193. The van der Waals surface area contributed by atoms with Crippen molar-refractivity contribution in [3.63, 3.8) is 0 Å². The van der Waals surface area contributed by atoms with Crippen molar-refractivity contribution in [1.82, 2.24) is 5.32 Å². The van der Waals surface area contributed by atoms with Gasteiger partial charge in [0.2, 0.25) is 0 Å². The Kier molecular flexibility index (Phi) is 5.22. The Bertz CT molecular complexity index is 386. The van der Waals surface area contributed by atoms with Crippen molar-refractivity contribution in [2.75, 3.05) is 5.33 Å². The molecule has 5 heteroatoms. The molecule has 1 unspecified atom stereocenters. The number of halogens is 3. The number of rotatable bonds is 4. The molecule has 0 aromatic heterocycles. The summed E-state index contributed by atoms with van der Waals surface area (Å²) in [5, 5.41) is 3.77. The molecule has 1 amide bonds. The first-order valence-electron chi connectivity index (χ1n) is 4.86. The van der Waals surface area contributed by atoms with Gasteiger partial charge in [-0.3, -0.25) is 4.79 Å². The summed E-state index contributed by atoms with van der Waals surface area (Å²) >= 11 is 8.88. The van der Waals surface area contributed by atoms with Crippen LogP contribution in [-0.4, -0.2) is 17.3 Å². The second-order valence-corrected chi connectivity index (χ2v) is 4.71. The lowest BCUT2D eigenvalue weighted by Crippen LogP contribution is -2.33. The largest absolute Gasteiger partial charge is 0.349 e. The Labute approximate surface area is 107 Å². The van der Waals surface area contributed by atoms with E-state index >= 15 is 0 Å². The van der Waals surface area contributed by atoms with Gasteiger partial charge in [-0.2, -0.15) is 0 Å². The van der Waals surface area contributed by atoms with Gasteiger partial charge in [-0.15, -0.1) is 0 Å². The van der Waals surface area contributed by atoms with Crippen molar-refractivity contribution >= 4 is 33.4 Å². The third-order valence-electron chi connectivity index (χ3n) is 2.10. The second kappa shape index (κ2) is 6.21. The maximum absolute atomic E-state index is 13.4. The van der Waals surface area contributed by atoms with Crippen LogP contribution >= 0.6 is 27.5 Å². The van der Waals surface area contributed by atoms with Gasteiger partial charge in [-0.05, 0) is 31.5 Å². The molecule has 0 saturated heterocycles. The number of nitrogens with one attached hydrogen (secondary N) is 1. The lowest BCUT2D eigenvalue weighted by molar-refractivity contribution is 0.0935. The van der Waals surface area contributed by atoms with Crippen molar-refractivity contribution in [1.29, 1.82) is 0 Å². The number of carbonyl (C=O) groups excluding carboxylic acids is 1. The lowest BCUT2D eigenvalue weighted by Gasteiger charge is -2.12. The molecule has 0 spiro atoms. The molecule has 0 saturated carbocycles. The van der Waals surface area contributed by atoms with Gasteiger partial charge in [0.1, 0.15) is 5.82 Å². The Balaban J connectivity index is 2.73. The first-order valence-corrected chi connectivity index (χ1v) is 6.36. The third-order valence-corrected chi connectivity index (χ3v) is 2.79. The number of carbonyl (C=O) groups is 1. The number of amides is 1. The van der Waals surface area contributed by atoms with Crippen LogP contribution < -0.4 is 5.32 Å². The van der Waals surface area contributed by atoms with E-state index in [4.69, 9.17) is 11.6 Å². The minimum absolute atomic E-state index is 0.00181. The van der Waals surface area contributed by atoms with Gasteiger partial charge in [0, 0.05) is 16.4 Å². The van der Waals surface area contributed by atoms with E-state index in [2.05, 4.69) is 21.2 Å². The van der Waals surface area contributed by atoms with Gasteiger partial charge < -0.3 is 5.32 Å². The molecule has 0 fully saturated rings. The zero-order chi connectivity index (χ0) is 12.1. The van der Waals surface area contributed by atoms with E-state index in [0.717, 1.165) is 17.8 Å². The fourth-order valence-electron chi connectivity index (χ4n) is 1.21. The molecule has 1 aromatic carbocycles. The number of hydrogen-bond acceptors (Lipinski definition) is 1. The third kappa shape index (κ3) is 3.76. The molecule has 1 N–H and O–H groups in total. The predicted molar refractivity (Wildman–Crippen MR) is 66.7 cm³/mol. The van der Waals surface area contributed by atoms with E-state index in [1.807, 2.05) is 6.92 Å². The van der Waals surface area contributed by atoms with Gasteiger partial charge in [0.25, 0.3) is 5.91 Å². The Hall–Kier alpha value is -0.610. The molecule has 1 rings (SSSR count). The zero-order valence-electron chi connectivity index (χ0n) is 8.77. The van der Waals surface area contributed by atoms with E-state index in [1.165, 1.54) is 12.1 Å². The molecule has 0 radical (unpaired) electrons. The minimum atomic E-state index is -0.601. The topological polar surface area (TPSA) is 29.1 Å². The second-order valence-electron chi connectivity index (χ2n) is 3.48. The summed E-state index contributed by atoms with van der Waals surface area (Å²) in [4.78, 5) is 11.7. The fourth-order valence-corrected chi connectivity index (χ4v) is 2.06. The number of hydrogen-bond donors (Lipinski definition) is 1. The van der Waals surface area contributed by atoms with Crippen molar-refractivity contribution in [2.24, 2.45) is 0 Å². The molecule has 0 aliphatic heterocycles. The molecule has 2 nitrogen and oxygen atoms in total. The summed E-state index contributed by atoms with van der Waals surface area (Å²) in [6, 6.07) is 4.01. The van der Waals surface area contributed by atoms with Crippen molar-refractivity contribution < 1.29 is 9.18 Å². The standard InChI is InChI=1S/C11H12BrClFNO/c1-7(4-5-12)15-11(16)9-3-2-8(13)6-10(9)14/h2-3,6-7H,4-5H2,1H3,(H,15,16). The molecule has 1 aromatic rings. The summed E-state index contributed by atoms with van der Waals surface area (Å²) in [6.45, 7) is 1.87. The van der Waals surface area contributed by atoms with E-state index < -0.39 is 11.7 Å². The highest BCUT2D eigenvalue weighted by Crippen LogP contribution is 2.14. The Morgan fingerprint density at radius 1 is 1.62 bits per heavy atom. The summed E-state index contributed by atoms with van der Waals surface area (Å²) in [5.74, 6) is -1.02. The maximum atomic E-state index is 13.4. The first kappa shape index (κ1) is 13.5. The van der Waals surface area contributed by atoms with Gasteiger partial charge in [-0.25, -0.2) is 4.39 Å². The van der Waals surface area contributed by atoms with Crippen LogP contribution in [0, 0.1) is 5.82 Å². The smallest absolute Gasteiger partial charge is 0.254 e. The van der Waals surface area contributed by atoms with Crippen LogP contribution in [0.1, 0.15) is 23.7 Å². The van der Waals surface area contributed by atoms with Crippen LogP contribution in [0.4, 0.5) is 4.39 Å². The highest BCUT2D eigenvalue weighted by molar-refractivity contribution is 9.09. The normalized spacial score (nSPS) is 12.2. The molecule has 0 aliphatic rings. The number of alkyl halides is 1. The first-order chi connectivity index (χ1) is 7.54. The predicted octanol–water partition coefficient (Wildman–Crippen LogP) is 3.38. The van der Waals surface area contributed by atoms with Gasteiger partial charge in [-0.1, -0.05) is 27.5 Å². The van der Waals surface area contributed by atoms with Crippen LogP contribution in [0.25, 0.3) is 0 Å². The maximum Gasteiger partial charge on any atom is 0.254 e. The van der Waals surface area contributed by atoms with Crippen LogP contribution in [0.2, 0.25) is 5.02 Å². The van der Waals surface area contributed by atoms with Gasteiger partial charge >= 0.3 is 0 Å². The molecule has 0 aliphatic carbocycles. The number of benzene rings is 1. The lowest BCUT2D eigenvalue weighted by atomic mass is 10.1. The average molecular weight is 309 g/mol. The molecule has 16 heavy (non-hydrogen) atoms. The monoisotopic (exact) mass is 307 g/mol. The van der Waals surface area contributed by atoms with E-state index in [-0.39, 0.29) is 16.6 Å².